The number of nitrogens with zero attached hydrogens (tertiary/aromatic N) is 6. The van der Waals surface area contributed by atoms with Gasteiger partial charge in [-0.2, -0.15) is 15.3 Å². The van der Waals surface area contributed by atoms with Gasteiger partial charge >= 0.3 is 0 Å². The Kier molecular flexibility index (Phi) is 4.56. The Morgan fingerprint density at radius 3 is 2.69 bits per heavy atom. The summed E-state index contributed by atoms with van der Waals surface area (Å²) in [5.41, 5.74) is 2.06. The van der Waals surface area contributed by atoms with Crippen molar-refractivity contribution in [1.82, 2.24) is 34.3 Å². The summed E-state index contributed by atoms with van der Waals surface area (Å²) in [6.07, 6.45) is 7.42. The summed E-state index contributed by atoms with van der Waals surface area (Å²) in [5, 5.41) is 16.1. The molecule has 0 amide bonds. The van der Waals surface area contributed by atoms with E-state index in [1.165, 1.54) is 5.56 Å². The van der Waals surface area contributed by atoms with Crippen molar-refractivity contribution in [2.45, 2.75) is 19.5 Å². The van der Waals surface area contributed by atoms with E-state index in [1.54, 1.807) is 12.4 Å². The lowest BCUT2D eigenvalue weighted by molar-refractivity contribution is 0.527. The predicted octanol–water partition coefficient (Wildman–Crippen LogP) is 3.74. The molecule has 0 fully saturated rings. The Balaban J connectivity index is 1.66. The summed E-state index contributed by atoms with van der Waals surface area (Å²) in [6.45, 7) is 2.72. The van der Waals surface area contributed by atoms with Gasteiger partial charge in [-0.25, -0.2) is 0 Å². The topological polar surface area (TPSA) is 69.2 Å². The van der Waals surface area contributed by atoms with E-state index >= 15 is 0 Å². The SMILES string of the molecule is C[C@@H](c1n[nH]c(=S)n1-c1cnn(Cc2ccccc2)c1)n1cc(Br)cn1. The summed E-state index contributed by atoms with van der Waals surface area (Å²) in [6, 6.07) is 10.1. The Morgan fingerprint density at radius 1 is 1.15 bits per heavy atom. The number of halogens is 1. The van der Waals surface area contributed by atoms with Gasteiger partial charge in [0.15, 0.2) is 10.6 Å². The van der Waals surface area contributed by atoms with Gasteiger partial charge < -0.3 is 0 Å². The number of benzene rings is 1. The number of aromatic nitrogens is 7. The highest BCUT2D eigenvalue weighted by atomic mass is 79.9. The Morgan fingerprint density at radius 2 is 1.96 bits per heavy atom. The molecule has 0 saturated carbocycles. The molecule has 0 bridgehead atoms. The number of hydrogen-bond acceptors (Lipinski definition) is 4. The molecule has 1 N–H and O–H groups in total. The molecule has 26 heavy (non-hydrogen) atoms. The zero-order valence-corrected chi connectivity index (χ0v) is 16.4. The second kappa shape index (κ2) is 7.00. The van der Waals surface area contributed by atoms with Gasteiger partial charge in [0.2, 0.25) is 0 Å². The van der Waals surface area contributed by atoms with Crippen molar-refractivity contribution in [1.29, 1.82) is 0 Å². The van der Waals surface area contributed by atoms with Crippen molar-refractivity contribution in [3.63, 3.8) is 0 Å². The van der Waals surface area contributed by atoms with Gasteiger partial charge in [-0.05, 0) is 40.6 Å². The van der Waals surface area contributed by atoms with Gasteiger partial charge in [0.25, 0.3) is 0 Å². The van der Waals surface area contributed by atoms with Crippen molar-refractivity contribution in [3.05, 3.63) is 75.8 Å². The molecular formula is C17H16BrN7S. The van der Waals surface area contributed by atoms with Gasteiger partial charge in [0, 0.05) is 12.4 Å². The first-order valence-electron chi connectivity index (χ1n) is 8.05. The predicted molar refractivity (Wildman–Crippen MR) is 104 cm³/mol. The Bertz CT molecular complexity index is 1080. The molecule has 3 aromatic heterocycles. The van der Waals surface area contributed by atoms with Crippen molar-refractivity contribution in [3.8, 4) is 5.69 Å². The molecule has 4 aromatic rings. The molecule has 1 aromatic carbocycles. The third-order valence-electron chi connectivity index (χ3n) is 4.10. The maximum absolute atomic E-state index is 5.44. The van der Waals surface area contributed by atoms with Crippen LogP contribution in [-0.4, -0.2) is 34.3 Å². The summed E-state index contributed by atoms with van der Waals surface area (Å²) in [4.78, 5) is 0. The maximum atomic E-state index is 5.44. The summed E-state index contributed by atoms with van der Waals surface area (Å²) in [7, 11) is 0. The van der Waals surface area contributed by atoms with Gasteiger partial charge in [-0.1, -0.05) is 30.3 Å². The monoisotopic (exact) mass is 429 g/mol. The van der Waals surface area contributed by atoms with Crippen LogP contribution < -0.4 is 0 Å². The Labute approximate surface area is 163 Å². The Hall–Kier alpha value is -2.52. The summed E-state index contributed by atoms with van der Waals surface area (Å²) >= 11 is 8.86. The van der Waals surface area contributed by atoms with Crippen LogP contribution in [0.5, 0.6) is 0 Å². The molecule has 0 aliphatic carbocycles. The molecule has 0 aliphatic rings. The van der Waals surface area contributed by atoms with Gasteiger partial charge in [-0.3, -0.25) is 19.0 Å². The lowest BCUT2D eigenvalue weighted by atomic mass is 10.2. The van der Waals surface area contributed by atoms with Gasteiger partial charge in [0.1, 0.15) is 6.04 Å². The van der Waals surface area contributed by atoms with E-state index in [1.807, 2.05) is 51.4 Å². The number of rotatable bonds is 5. The highest BCUT2D eigenvalue weighted by Gasteiger charge is 2.19. The maximum Gasteiger partial charge on any atom is 0.200 e. The van der Waals surface area contributed by atoms with Crippen molar-refractivity contribution >= 4 is 28.1 Å². The minimum Gasteiger partial charge on any atom is -0.267 e. The molecule has 0 unspecified atom stereocenters. The van der Waals surface area contributed by atoms with Gasteiger partial charge in [0.05, 0.1) is 29.1 Å². The minimum absolute atomic E-state index is 0.0910. The van der Waals surface area contributed by atoms with E-state index in [9.17, 15) is 0 Å². The molecule has 0 aliphatic heterocycles. The van der Waals surface area contributed by atoms with E-state index in [4.69, 9.17) is 12.2 Å². The molecule has 9 heteroatoms. The van der Waals surface area contributed by atoms with Crippen LogP contribution in [0.3, 0.4) is 0 Å². The first kappa shape index (κ1) is 16.9. The number of hydrogen-bond donors (Lipinski definition) is 1. The lowest BCUT2D eigenvalue weighted by Gasteiger charge is -2.12. The third kappa shape index (κ3) is 3.27. The molecule has 0 radical (unpaired) electrons. The average molecular weight is 430 g/mol. The fourth-order valence-electron chi connectivity index (χ4n) is 2.81. The second-order valence-electron chi connectivity index (χ2n) is 5.92. The summed E-state index contributed by atoms with van der Waals surface area (Å²) in [5.74, 6) is 0.768. The van der Waals surface area contributed by atoms with Crippen LogP contribution in [0, 0.1) is 4.77 Å². The number of aromatic amines is 1. The minimum atomic E-state index is -0.0910. The highest BCUT2D eigenvalue weighted by Crippen LogP contribution is 2.21. The van der Waals surface area contributed by atoms with E-state index in [-0.39, 0.29) is 6.04 Å². The lowest BCUT2D eigenvalue weighted by Crippen LogP contribution is -2.13. The number of H-pyrrole nitrogens is 1. The fraction of sp³-hybridized carbons (Fsp3) is 0.176. The van der Waals surface area contributed by atoms with E-state index < -0.39 is 0 Å². The normalized spacial score (nSPS) is 12.4. The molecule has 0 saturated heterocycles. The number of nitrogens with one attached hydrogen (secondary N) is 1. The van der Waals surface area contributed by atoms with Crippen molar-refractivity contribution in [2.75, 3.05) is 0 Å². The molecule has 7 nitrogen and oxygen atoms in total. The second-order valence-corrected chi connectivity index (χ2v) is 7.22. The zero-order valence-electron chi connectivity index (χ0n) is 14.0. The van der Waals surface area contributed by atoms with Crippen molar-refractivity contribution < 1.29 is 0 Å². The van der Waals surface area contributed by atoms with Crippen LogP contribution in [0.1, 0.15) is 24.4 Å². The zero-order chi connectivity index (χ0) is 18.1. The smallest absolute Gasteiger partial charge is 0.200 e. The van der Waals surface area contributed by atoms with Crippen LogP contribution in [0.15, 0.2) is 59.6 Å². The molecule has 3 heterocycles. The molecular weight excluding hydrogens is 414 g/mol. The quantitative estimate of drug-likeness (QED) is 0.490. The van der Waals surface area contributed by atoms with Crippen LogP contribution in [0.4, 0.5) is 0 Å². The van der Waals surface area contributed by atoms with E-state index in [0.717, 1.165) is 16.0 Å². The summed E-state index contributed by atoms with van der Waals surface area (Å²) < 4.78 is 7.06. The molecule has 0 spiro atoms. The van der Waals surface area contributed by atoms with Crippen LogP contribution in [-0.2, 0) is 6.54 Å². The van der Waals surface area contributed by atoms with E-state index in [0.29, 0.717) is 11.3 Å². The average Bonchev–Trinajstić information content (AvgIpc) is 3.35. The molecule has 1 atom stereocenters. The molecule has 132 valence electrons. The fourth-order valence-corrected chi connectivity index (χ4v) is 3.35. The first-order valence-corrected chi connectivity index (χ1v) is 9.25. The van der Waals surface area contributed by atoms with Crippen LogP contribution in [0.25, 0.3) is 5.69 Å². The standard InChI is InChI=1S/C17H16BrN7S/c1-12(24-10-14(18)7-20-24)16-21-22-17(26)25(16)15-8-19-23(11-15)9-13-5-3-2-4-6-13/h2-8,10-12H,9H2,1H3,(H,22,26)/t12-/m0/s1. The van der Waals surface area contributed by atoms with E-state index in [2.05, 4.69) is 48.5 Å². The molecule has 4 rings (SSSR count). The van der Waals surface area contributed by atoms with Gasteiger partial charge in [-0.15, -0.1) is 0 Å². The third-order valence-corrected chi connectivity index (χ3v) is 4.79. The van der Waals surface area contributed by atoms with Crippen LogP contribution in [0.2, 0.25) is 0 Å². The van der Waals surface area contributed by atoms with Crippen molar-refractivity contribution in [2.24, 2.45) is 0 Å². The largest absolute Gasteiger partial charge is 0.267 e. The first-order chi connectivity index (χ1) is 12.6. The van der Waals surface area contributed by atoms with Crippen LogP contribution >= 0.6 is 28.1 Å². The highest BCUT2D eigenvalue weighted by molar-refractivity contribution is 9.10.